The summed E-state index contributed by atoms with van der Waals surface area (Å²) in [5, 5.41) is 4.28. The van der Waals surface area contributed by atoms with Gasteiger partial charge in [0, 0.05) is 44.4 Å². The van der Waals surface area contributed by atoms with Crippen LogP contribution in [0, 0.1) is 13.8 Å². The lowest BCUT2D eigenvalue weighted by atomic mass is 9.87. The number of para-hydroxylation sites is 2. The summed E-state index contributed by atoms with van der Waals surface area (Å²) in [5.41, 5.74) is 2.78. The lowest BCUT2D eigenvalue weighted by molar-refractivity contribution is -0.131. The van der Waals surface area contributed by atoms with Crippen LogP contribution in [-0.2, 0) is 21.9 Å². The Morgan fingerprint density at radius 2 is 1.56 bits per heavy atom. The molecule has 0 aliphatic carbocycles. The molecule has 8 nitrogen and oxygen atoms in total. The molecule has 2 aromatic carbocycles. The van der Waals surface area contributed by atoms with Gasteiger partial charge in [-0.3, -0.25) is 9.48 Å². The Balaban J connectivity index is 1.42. The molecule has 1 amide bonds. The second-order valence-electron chi connectivity index (χ2n) is 8.82. The standard InChI is InChI=1S/C25H28N4O4S/c1-17-24(18(2)27(3)26-17)34(31,32)29-14-8-13-28(15-16-29)25(30)23-19-9-4-6-11-21(19)33-22-12-7-5-10-20(22)23/h4-7,9-12,23H,8,13-16H2,1-3H3. The van der Waals surface area contributed by atoms with Crippen LogP contribution in [0.25, 0.3) is 0 Å². The minimum Gasteiger partial charge on any atom is -0.457 e. The molecular weight excluding hydrogens is 452 g/mol. The molecule has 34 heavy (non-hydrogen) atoms. The molecule has 0 atom stereocenters. The first-order valence-electron chi connectivity index (χ1n) is 11.4. The van der Waals surface area contributed by atoms with Gasteiger partial charge in [-0.1, -0.05) is 36.4 Å². The molecule has 2 aliphatic rings. The van der Waals surface area contributed by atoms with E-state index in [9.17, 15) is 13.2 Å². The summed E-state index contributed by atoms with van der Waals surface area (Å²) in [4.78, 5) is 15.9. The molecule has 0 radical (unpaired) electrons. The number of ether oxygens (including phenoxy) is 1. The molecule has 0 bridgehead atoms. The monoisotopic (exact) mass is 480 g/mol. The maximum atomic E-state index is 13.9. The maximum Gasteiger partial charge on any atom is 0.246 e. The number of rotatable bonds is 3. The van der Waals surface area contributed by atoms with Gasteiger partial charge in [-0.2, -0.15) is 9.40 Å². The van der Waals surface area contributed by atoms with Crippen molar-refractivity contribution < 1.29 is 17.9 Å². The number of sulfonamides is 1. The van der Waals surface area contributed by atoms with Crippen LogP contribution in [0.15, 0.2) is 53.4 Å². The summed E-state index contributed by atoms with van der Waals surface area (Å²) in [7, 11) is -1.96. The number of fused-ring (bicyclic) bond motifs is 2. The highest BCUT2D eigenvalue weighted by Crippen LogP contribution is 2.44. The first-order chi connectivity index (χ1) is 16.3. The van der Waals surface area contributed by atoms with Crippen LogP contribution in [0.3, 0.4) is 0 Å². The molecule has 1 aromatic heterocycles. The second kappa shape index (κ2) is 8.56. The molecule has 178 valence electrons. The van der Waals surface area contributed by atoms with Crippen molar-refractivity contribution in [3.05, 3.63) is 71.0 Å². The quantitative estimate of drug-likeness (QED) is 0.575. The third-order valence-electron chi connectivity index (χ3n) is 6.73. The van der Waals surface area contributed by atoms with E-state index in [0.29, 0.717) is 48.9 Å². The van der Waals surface area contributed by atoms with Crippen LogP contribution in [0.5, 0.6) is 11.5 Å². The van der Waals surface area contributed by atoms with Gasteiger partial charge >= 0.3 is 0 Å². The number of carbonyl (C=O) groups is 1. The van der Waals surface area contributed by atoms with Crippen LogP contribution in [0.4, 0.5) is 0 Å². The topological polar surface area (TPSA) is 84.7 Å². The van der Waals surface area contributed by atoms with Crippen LogP contribution in [0.1, 0.15) is 34.9 Å². The van der Waals surface area contributed by atoms with Crippen LogP contribution in [-0.4, -0.2) is 59.5 Å². The zero-order valence-corrected chi connectivity index (χ0v) is 20.4. The Hall–Kier alpha value is -3.17. The summed E-state index contributed by atoms with van der Waals surface area (Å²) >= 11 is 0. The molecule has 0 N–H and O–H groups in total. The molecule has 0 saturated carbocycles. The normalized spacial score (nSPS) is 17.0. The Kier molecular flexibility index (Phi) is 5.69. The van der Waals surface area contributed by atoms with E-state index in [1.54, 1.807) is 30.5 Å². The smallest absolute Gasteiger partial charge is 0.246 e. The lowest BCUT2D eigenvalue weighted by Crippen LogP contribution is -2.40. The number of nitrogens with zero attached hydrogens (tertiary/aromatic N) is 4. The van der Waals surface area contributed by atoms with Crippen molar-refractivity contribution in [3.63, 3.8) is 0 Å². The number of benzene rings is 2. The van der Waals surface area contributed by atoms with Gasteiger partial charge in [0.05, 0.1) is 17.3 Å². The summed E-state index contributed by atoms with van der Waals surface area (Å²) in [6.45, 7) is 4.92. The molecule has 1 saturated heterocycles. The third-order valence-corrected chi connectivity index (χ3v) is 8.89. The van der Waals surface area contributed by atoms with Crippen molar-refractivity contribution in [3.8, 4) is 11.5 Å². The predicted octanol–water partition coefficient (Wildman–Crippen LogP) is 3.20. The van der Waals surface area contributed by atoms with E-state index in [2.05, 4.69) is 5.10 Å². The Morgan fingerprint density at radius 1 is 0.941 bits per heavy atom. The van der Waals surface area contributed by atoms with E-state index in [-0.39, 0.29) is 17.3 Å². The van der Waals surface area contributed by atoms with Gasteiger partial charge < -0.3 is 9.64 Å². The molecule has 9 heteroatoms. The van der Waals surface area contributed by atoms with Gasteiger partial charge in [-0.15, -0.1) is 0 Å². The number of carbonyl (C=O) groups excluding carboxylic acids is 1. The number of aryl methyl sites for hydroxylation is 2. The van der Waals surface area contributed by atoms with E-state index in [4.69, 9.17) is 4.74 Å². The molecule has 1 fully saturated rings. The highest BCUT2D eigenvalue weighted by Gasteiger charge is 2.37. The van der Waals surface area contributed by atoms with Crippen molar-refractivity contribution in [2.45, 2.75) is 31.1 Å². The fourth-order valence-corrected chi connectivity index (χ4v) is 6.84. The summed E-state index contributed by atoms with van der Waals surface area (Å²) < 4.78 is 36.0. The van der Waals surface area contributed by atoms with Gasteiger partial charge in [-0.05, 0) is 32.4 Å². The van der Waals surface area contributed by atoms with Crippen molar-refractivity contribution in [2.24, 2.45) is 7.05 Å². The van der Waals surface area contributed by atoms with E-state index in [0.717, 1.165) is 11.1 Å². The largest absolute Gasteiger partial charge is 0.457 e. The highest BCUT2D eigenvalue weighted by molar-refractivity contribution is 7.89. The third kappa shape index (κ3) is 3.69. The number of hydrogen-bond donors (Lipinski definition) is 0. The molecule has 2 aliphatic heterocycles. The van der Waals surface area contributed by atoms with Gasteiger partial charge in [0.2, 0.25) is 15.9 Å². The maximum absolute atomic E-state index is 13.9. The van der Waals surface area contributed by atoms with Crippen molar-refractivity contribution in [1.29, 1.82) is 0 Å². The average molecular weight is 481 g/mol. The average Bonchev–Trinajstić information content (AvgIpc) is 2.99. The van der Waals surface area contributed by atoms with Crippen molar-refractivity contribution >= 4 is 15.9 Å². The molecule has 0 spiro atoms. The Bertz CT molecular complexity index is 1320. The Labute approximate surface area is 199 Å². The van der Waals surface area contributed by atoms with E-state index < -0.39 is 15.9 Å². The molecule has 3 heterocycles. The molecular formula is C25H28N4O4S. The number of aromatic nitrogens is 2. The Morgan fingerprint density at radius 3 is 2.15 bits per heavy atom. The lowest BCUT2D eigenvalue weighted by Gasteiger charge is -2.31. The van der Waals surface area contributed by atoms with Crippen LogP contribution in [0.2, 0.25) is 0 Å². The number of hydrogen-bond acceptors (Lipinski definition) is 5. The van der Waals surface area contributed by atoms with Crippen LogP contribution < -0.4 is 4.74 Å². The minimum absolute atomic E-state index is 0.0313. The SMILES string of the molecule is Cc1nn(C)c(C)c1S(=O)(=O)N1CCCN(C(=O)C2c3ccccc3Oc3ccccc32)CC1. The zero-order chi connectivity index (χ0) is 24.0. The van der Waals surface area contributed by atoms with Crippen molar-refractivity contribution in [2.75, 3.05) is 26.2 Å². The fraction of sp³-hybridized carbons (Fsp3) is 0.360. The molecule has 3 aromatic rings. The zero-order valence-electron chi connectivity index (χ0n) is 19.6. The van der Waals surface area contributed by atoms with E-state index in [1.165, 1.54) is 4.31 Å². The first kappa shape index (κ1) is 22.6. The molecule has 5 rings (SSSR count). The van der Waals surface area contributed by atoms with Crippen molar-refractivity contribution in [1.82, 2.24) is 19.0 Å². The van der Waals surface area contributed by atoms with Gasteiger partial charge in [-0.25, -0.2) is 8.42 Å². The second-order valence-corrected chi connectivity index (χ2v) is 10.7. The molecule has 0 unspecified atom stereocenters. The predicted molar refractivity (Wildman–Crippen MR) is 127 cm³/mol. The van der Waals surface area contributed by atoms with Crippen LogP contribution >= 0.6 is 0 Å². The van der Waals surface area contributed by atoms with Gasteiger partial charge in [0.15, 0.2) is 0 Å². The van der Waals surface area contributed by atoms with Gasteiger partial charge in [0.1, 0.15) is 16.4 Å². The number of amides is 1. The van der Waals surface area contributed by atoms with E-state index >= 15 is 0 Å². The minimum atomic E-state index is -3.71. The van der Waals surface area contributed by atoms with E-state index in [1.807, 2.05) is 48.5 Å². The fourth-order valence-electron chi connectivity index (χ4n) is 4.97. The highest BCUT2D eigenvalue weighted by atomic mass is 32.2. The summed E-state index contributed by atoms with van der Waals surface area (Å²) in [6.07, 6.45) is 0.565. The first-order valence-corrected chi connectivity index (χ1v) is 12.9. The van der Waals surface area contributed by atoms with Gasteiger partial charge in [0.25, 0.3) is 0 Å². The summed E-state index contributed by atoms with van der Waals surface area (Å²) in [5.74, 6) is 0.852. The summed E-state index contributed by atoms with van der Waals surface area (Å²) in [6, 6.07) is 15.2.